The second-order valence-electron chi connectivity index (χ2n) is 6.43. The first-order chi connectivity index (χ1) is 13.0. The van der Waals surface area contributed by atoms with Gasteiger partial charge < -0.3 is 14.6 Å². The molecule has 152 valence electrons. The number of ether oxygens (including phenoxy) is 1. The van der Waals surface area contributed by atoms with Gasteiger partial charge in [0.15, 0.2) is 11.9 Å². The predicted molar refractivity (Wildman–Crippen MR) is 101 cm³/mol. The van der Waals surface area contributed by atoms with E-state index in [2.05, 4.69) is 15.2 Å². The van der Waals surface area contributed by atoms with Gasteiger partial charge in [-0.15, -0.1) is 0 Å². The van der Waals surface area contributed by atoms with E-state index in [0.717, 1.165) is 5.56 Å². The number of carbonyl (C=O) groups is 2. The molecule has 0 saturated carbocycles. The molecular formula is C18H23N3O6S. The van der Waals surface area contributed by atoms with Crippen molar-refractivity contribution in [1.29, 1.82) is 0 Å². The quantitative estimate of drug-likeness (QED) is 0.668. The largest absolute Gasteiger partial charge is 0.451 e. The van der Waals surface area contributed by atoms with Gasteiger partial charge in [-0.3, -0.25) is 9.59 Å². The van der Waals surface area contributed by atoms with Crippen LogP contribution in [-0.2, 0) is 24.3 Å². The van der Waals surface area contributed by atoms with E-state index in [-0.39, 0.29) is 16.3 Å². The second kappa shape index (κ2) is 8.53. The maximum atomic E-state index is 12.4. The van der Waals surface area contributed by atoms with Crippen LogP contribution < -0.4 is 10.0 Å². The zero-order valence-electron chi connectivity index (χ0n) is 16.3. The van der Waals surface area contributed by atoms with Gasteiger partial charge in [-0.25, -0.2) is 8.42 Å². The Labute approximate surface area is 163 Å². The highest BCUT2D eigenvalue weighted by Crippen LogP contribution is 2.19. The van der Waals surface area contributed by atoms with Crippen LogP contribution in [0.4, 0.5) is 5.69 Å². The lowest BCUT2D eigenvalue weighted by Gasteiger charge is -2.17. The number of hydrogen-bond donors (Lipinski definition) is 2. The summed E-state index contributed by atoms with van der Waals surface area (Å²) in [6.45, 7) is 7.57. The van der Waals surface area contributed by atoms with Gasteiger partial charge in [0.2, 0.25) is 10.0 Å². The fourth-order valence-electron chi connectivity index (χ4n) is 2.41. The molecule has 1 aromatic carbocycles. The Bertz CT molecular complexity index is 946. The molecule has 1 aromatic heterocycles. The molecule has 0 spiro atoms. The standard InChI is InChI=1S/C18H23N3O6S/c1-10-6-8-15(9-7-10)19-17(22)14(5)26-18(23)12(3)21-28(24,25)16-11(2)20-27-13(16)4/h6-9,12,14,21H,1-5H3,(H,19,22)/t12-,14-/m0/s1. The number of rotatable bonds is 7. The van der Waals surface area contributed by atoms with E-state index in [1.807, 2.05) is 19.1 Å². The summed E-state index contributed by atoms with van der Waals surface area (Å²) < 4.78 is 37.0. The van der Waals surface area contributed by atoms with Gasteiger partial charge in [0.05, 0.1) is 0 Å². The van der Waals surface area contributed by atoms with Crippen molar-refractivity contribution in [1.82, 2.24) is 9.88 Å². The molecule has 2 rings (SSSR count). The zero-order chi connectivity index (χ0) is 21.1. The Morgan fingerprint density at radius 1 is 1.11 bits per heavy atom. The second-order valence-corrected chi connectivity index (χ2v) is 8.08. The number of aromatic nitrogens is 1. The first-order valence-electron chi connectivity index (χ1n) is 8.54. The molecule has 0 bridgehead atoms. The van der Waals surface area contributed by atoms with E-state index in [9.17, 15) is 18.0 Å². The van der Waals surface area contributed by atoms with Crippen LogP contribution in [0.15, 0.2) is 33.7 Å². The summed E-state index contributed by atoms with van der Waals surface area (Å²) in [6.07, 6.45) is -1.11. The molecule has 0 saturated heterocycles. The van der Waals surface area contributed by atoms with Crippen molar-refractivity contribution in [3.8, 4) is 0 Å². The molecule has 0 unspecified atom stereocenters. The van der Waals surface area contributed by atoms with Crippen LogP contribution in [0.3, 0.4) is 0 Å². The van der Waals surface area contributed by atoms with Gasteiger partial charge >= 0.3 is 5.97 Å². The average Bonchev–Trinajstić information content (AvgIpc) is 2.95. The molecule has 0 radical (unpaired) electrons. The third-order valence-corrected chi connectivity index (χ3v) is 5.69. The minimum atomic E-state index is -4.04. The molecule has 2 atom stereocenters. The monoisotopic (exact) mass is 409 g/mol. The highest BCUT2D eigenvalue weighted by Gasteiger charge is 2.30. The Morgan fingerprint density at radius 3 is 2.25 bits per heavy atom. The maximum absolute atomic E-state index is 12.4. The zero-order valence-corrected chi connectivity index (χ0v) is 17.1. The first-order valence-corrected chi connectivity index (χ1v) is 10.0. The minimum Gasteiger partial charge on any atom is -0.451 e. The molecule has 1 amide bonds. The van der Waals surface area contributed by atoms with Crippen LogP contribution in [0.25, 0.3) is 0 Å². The number of sulfonamides is 1. The Hall–Kier alpha value is -2.72. The predicted octanol–water partition coefficient (Wildman–Crippen LogP) is 1.84. The van der Waals surface area contributed by atoms with E-state index >= 15 is 0 Å². The minimum absolute atomic E-state index is 0.108. The number of anilines is 1. The van der Waals surface area contributed by atoms with Crippen LogP contribution in [-0.4, -0.2) is 37.6 Å². The maximum Gasteiger partial charge on any atom is 0.324 e. The molecule has 1 heterocycles. The summed E-state index contributed by atoms with van der Waals surface area (Å²) in [5, 5.41) is 6.21. The number of esters is 1. The van der Waals surface area contributed by atoms with E-state index in [0.29, 0.717) is 5.69 Å². The first kappa shape index (κ1) is 21.6. The van der Waals surface area contributed by atoms with E-state index in [4.69, 9.17) is 9.26 Å². The van der Waals surface area contributed by atoms with Crippen LogP contribution in [0, 0.1) is 20.8 Å². The molecule has 2 aromatic rings. The number of carbonyl (C=O) groups excluding carboxylic acids is 2. The summed E-state index contributed by atoms with van der Waals surface area (Å²) in [5.74, 6) is -1.31. The van der Waals surface area contributed by atoms with Gasteiger partial charge in [0.25, 0.3) is 5.91 Å². The van der Waals surface area contributed by atoms with Crippen molar-refractivity contribution in [3.05, 3.63) is 41.3 Å². The molecule has 0 aliphatic heterocycles. The van der Waals surface area contributed by atoms with E-state index in [1.165, 1.54) is 27.7 Å². The average molecular weight is 409 g/mol. The molecule has 28 heavy (non-hydrogen) atoms. The van der Waals surface area contributed by atoms with Gasteiger partial charge in [-0.05, 0) is 46.8 Å². The number of nitrogens with zero attached hydrogens (tertiary/aromatic N) is 1. The van der Waals surface area contributed by atoms with Gasteiger partial charge in [-0.2, -0.15) is 4.72 Å². The lowest BCUT2D eigenvalue weighted by molar-refractivity contribution is -0.154. The molecule has 10 heteroatoms. The topological polar surface area (TPSA) is 128 Å². The number of benzene rings is 1. The van der Waals surface area contributed by atoms with Gasteiger partial charge in [0.1, 0.15) is 16.6 Å². The van der Waals surface area contributed by atoms with E-state index in [1.54, 1.807) is 12.1 Å². The molecule has 9 nitrogen and oxygen atoms in total. The molecule has 0 aliphatic carbocycles. The van der Waals surface area contributed by atoms with E-state index < -0.39 is 34.0 Å². The normalized spacial score (nSPS) is 13.6. The number of amides is 1. The Morgan fingerprint density at radius 2 is 1.71 bits per heavy atom. The van der Waals surface area contributed by atoms with Crippen LogP contribution >= 0.6 is 0 Å². The van der Waals surface area contributed by atoms with Gasteiger partial charge in [0, 0.05) is 5.69 Å². The Balaban J connectivity index is 1.97. The van der Waals surface area contributed by atoms with Crippen LogP contribution in [0.5, 0.6) is 0 Å². The number of aryl methyl sites for hydroxylation is 3. The number of nitrogens with one attached hydrogen (secondary N) is 2. The number of hydrogen-bond acceptors (Lipinski definition) is 7. The smallest absolute Gasteiger partial charge is 0.324 e. The van der Waals surface area contributed by atoms with Crippen molar-refractivity contribution in [3.63, 3.8) is 0 Å². The molecule has 2 N–H and O–H groups in total. The third-order valence-electron chi connectivity index (χ3n) is 3.90. The van der Waals surface area contributed by atoms with Crippen LogP contribution in [0.1, 0.15) is 30.9 Å². The van der Waals surface area contributed by atoms with Crippen molar-refractivity contribution >= 4 is 27.6 Å². The summed E-state index contributed by atoms with van der Waals surface area (Å²) in [7, 11) is -4.04. The van der Waals surface area contributed by atoms with Crippen molar-refractivity contribution in [2.75, 3.05) is 5.32 Å². The summed E-state index contributed by atoms with van der Waals surface area (Å²) in [4.78, 5) is 24.2. The van der Waals surface area contributed by atoms with Crippen molar-refractivity contribution < 1.29 is 27.3 Å². The molecular weight excluding hydrogens is 386 g/mol. The third kappa shape index (κ3) is 5.17. The lowest BCUT2D eigenvalue weighted by Crippen LogP contribution is -2.42. The Kier molecular flexibility index (Phi) is 6.57. The summed E-state index contributed by atoms with van der Waals surface area (Å²) in [6, 6.07) is 5.90. The van der Waals surface area contributed by atoms with Crippen molar-refractivity contribution in [2.24, 2.45) is 0 Å². The lowest BCUT2D eigenvalue weighted by atomic mass is 10.2. The van der Waals surface area contributed by atoms with Crippen molar-refractivity contribution in [2.45, 2.75) is 51.7 Å². The molecule has 0 aliphatic rings. The highest BCUT2D eigenvalue weighted by molar-refractivity contribution is 7.89. The highest BCUT2D eigenvalue weighted by atomic mass is 32.2. The molecule has 0 fully saturated rings. The van der Waals surface area contributed by atoms with Crippen LogP contribution in [0.2, 0.25) is 0 Å². The summed E-state index contributed by atoms with van der Waals surface area (Å²) >= 11 is 0. The van der Waals surface area contributed by atoms with Gasteiger partial charge in [-0.1, -0.05) is 22.9 Å². The fraction of sp³-hybridized carbons (Fsp3) is 0.389. The SMILES string of the molecule is Cc1ccc(NC(=O)[C@H](C)OC(=O)[C@H](C)NS(=O)(=O)c2c(C)noc2C)cc1. The summed E-state index contributed by atoms with van der Waals surface area (Å²) in [5.41, 5.74) is 1.78. The fourth-order valence-corrected chi connectivity index (χ4v) is 3.93.